The van der Waals surface area contributed by atoms with E-state index in [1.807, 2.05) is 27.7 Å². The largest absolute Gasteiger partial charge is 0.440 e. The van der Waals surface area contributed by atoms with Gasteiger partial charge in [0, 0.05) is 0 Å². The summed E-state index contributed by atoms with van der Waals surface area (Å²) in [4.78, 5) is 12.5. The lowest BCUT2D eigenvalue weighted by Gasteiger charge is -2.22. The van der Waals surface area contributed by atoms with Gasteiger partial charge in [0.05, 0.1) is 11.4 Å². The van der Waals surface area contributed by atoms with Crippen LogP contribution in [-0.2, 0) is 14.8 Å². The Balaban J connectivity index is 3.12. The Bertz CT molecular complexity index is 768. The average molecular weight is 363 g/mol. The van der Waals surface area contributed by atoms with Gasteiger partial charge in [-0.25, -0.2) is 13.2 Å². The van der Waals surface area contributed by atoms with Crippen molar-refractivity contribution in [2.24, 2.45) is 0 Å². The molecule has 1 amide bonds. The molecular weight excluding hydrogens is 338 g/mol. The third-order valence-electron chi connectivity index (χ3n) is 3.32. The predicted octanol–water partition coefficient (Wildman–Crippen LogP) is 4.21. The highest BCUT2D eigenvalue weighted by atomic mass is 32.2. The molecule has 0 saturated carbocycles. The van der Waals surface area contributed by atoms with E-state index in [-0.39, 0.29) is 11.4 Å². The number of carbonyl (C=O) groups is 1. The van der Waals surface area contributed by atoms with Crippen molar-refractivity contribution in [3.05, 3.63) is 59.9 Å². The van der Waals surface area contributed by atoms with E-state index in [2.05, 4.69) is 12.3 Å². The number of benzene rings is 1. The molecule has 1 unspecified atom stereocenters. The van der Waals surface area contributed by atoms with Gasteiger partial charge in [0.15, 0.2) is 0 Å². The zero-order valence-corrected chi connectivity index (χ0v) is 16.0. The first-order chi connectivity index (χ1) is 11.7. The minimum atomic E-state index is -4.02. The van der Waals surface area contributed by atoms with Gasteiger partial charge in [-0.3, -0.25) is 0 Å². The van der Waals surface area contributed by atoms with Gasteiger partial charge >= 0.3 is 6.09 Å². The summed E-state index contributed by atoms with van der Waals surface area (Å²) in [5.41, 5.74) is 4.84. The number of sulfonamides is 1. The molecule has 1 rings (SSSR count). The monoisotopic (exact) mass is 363 g/mol. The number of hydrogen-bond acceptors (Lipinski definition) is 4. The van der Waals surface area contributed by atoms with Crippen LogP contribution in [-0.4, -0.2) is 31.5 Å². The second-order valence-corrected chi connectivity index (χ2v) is 7.64. The number of ether oxygens (including phenoxy) is 1. The van der Waals surface area contributed by atoms with E-state index in [1.54, 1.807) is 18.2 Å². The average Bonchev–Trinajstić information content (AvgIpc) is 2.56. The second-order valence-electron chi connectivity index (χ2n) is 5.78. The van der Waals surface area contributed by atoms with Crippen molar-refractivity contribution in [1.29, 1.82) is 0 Å². The van der Waals surface area contributed by atoms with E-state index in [0.717, 1.165) is 11.1 Å². The summed E-state index contributed by atoms with van der Waals surface area (Å²) >= 11 is 0. The molecule has 0 heterocycles. The molecule has 0 aliphatic carbocycles. The molecule has 1 aromatic carbocycles. The third-order valence-corrected chi connectivity index (χ3v) is 5.07. The Morgan fingerprint density at radius 3 is 2.40 bits per heavy atom. The summed E-state index contributed by atoms with van der Waals surface area (Å²) in [6, 6.07) is 6.29. The first-order valence-corrected chi connectivity index (χ1v) is 9.47. The molecule has 0 spiro atoms. The van der Waals surface area contributed by atoms with Gasteiger partial charge in [0.2, 0.25) is 0 Å². The van der Waals surface area contributed by atoms with Crippen LogP contribution in [0.4, 0.5) is 4.79 Å². The number of carbonyl (C=O) groups excluding carboxylic acids is 1. The molecule has 0 fully saturated rings. The zero-order chi connectivity index (χ0) is 19.0. The molecule has 0 aliphatic heterocycles. The highest BCUT2D eigenvalue weighted by Crippen LogP contribution is 2.18. The van der Waals surface area contributed by atoms with E-state index in [4.69, 9.17) is 4.74 Å². The first-order valence-electron chi connectivity index (χ1n) is 8.03. The molecule has 136 valence electrons. The fourth-order valence-corrected chi connectivity index (χ4v) is 3.18. The fourth-order valence-electron chi connectivity index (χ4n) is 1.91. The predicted molar refractivity (Wildman–Crippen MR) is 98.8 cm³/mol. The summed E-state index contributed by atoms with van der Waals surface area (Å²) < 4.78 is 31.5. The lowest BCUT2D eigenvalue weighted by molar-refractivity contribution is 0.101. The molecule has 0 bridgehead atoms. The maximum absolute atomic E-state index is 12.8. The Kier molecular flexibility index (Phi) is 7.68. The second kappa shape index (κ2) is 9.25. The van der Waals surface area contributed by atoms with Gasteiger partial charge in [0.1, 0.15) is 6.10 Å². The van der Waals surface area contributed by atoms with Crippen LogP contribution >= 0.6 is 0 Å². The molecule has 0 saturated heterocycles. The zero-order valence-electron chi connectivity index (χ0n) is 15.2. The smallest absolute Gasteiger partial charge is 0.424 e. The van der Waals surface area contributed by atoms with E-state index in [1.165, 1.54) is 18.2 Å². The van der Waals surface area contributed by atoms with Crippen LogP contribution in [0.25, 0.3) is 0 Å². The Morgan fingerprint density at radius 1 is 1.32 bits per heavy atom. The maximum atomic E-state index is 12.8. The van der Waals surface area contributed by atoms with Crippen molar-refractivity contribution in [1.82, 2.24) is 4.31 Å². The lowest BCUT2D eigenvalue weighted by Crippen LogP contribution is -2.39. The van der Waals surface area contributed by atoms with Gasteiger partial charge in [-0.2, -0.15) is 4.31 Å². The fraction of sp³-hybridized carbons (Fsp3) is 0.368. The van der Waals surface area contributed by atoms with Crippen LogP contribution in [0, 0.1) is 6.92 Å². The number of rotatable bonds is 7. The molecule has 0 aliphatic rings. The Morgan fingerprint density at radius 2 is 1.92 bits per heavy atom. The molecule has 1 atom stereocenters. The topological polar surface area (TPSA) is 63.7 Å². The number of nitrogens with zero attached hydrogens (tertiary/aromatic N) is 1. The quantitative estimate of drug-likeness (QED) is 0.538. The minimum Gasteiger partial charge on any atom is -0.440 e. The van der Waals surface area contributed by atoms with Crippen LogP contribution in [0.5, 0.6) is 0 Å². The minimum absolute atomic E-state index is 0.0322. The van der Waals surface area contributed by atoms with Crippen molar-refractivity contribution in [2.75, 3.05) is 6.54 Å². The van der Waals surface area contributed by atoms with Crippen molar-refractivity contribution in [3.63, 3.8) is 0 Å². The van der Waals surface area contributed by atoms with Gasteiger partial charge in [-0.15, -0.1) is 12.3 Å². The number of amides is 1. The molecule has 0 aromatic heterocycles. The van der Waals surface area contributed by atoms with Gasteiger partial charge < -0.3 is 4.74 Å². The Labute approximate surface area is 150 Å². The Hall–Kier alpha value is -2.30. The van der Waals surface area contributed by atoms with Crippen molar-refractivity contribution >= 4 is 16.1 Å². The van der Waals surface area contributed by atoms with Crippen LogP contribution in [0.1, 0.15) is 32.8 Å². The van der Waals surface area contributed by atoms with Crippen LogP contribution in [0.15, 0.2) is 59.2 Å². The van der Waals surface area contributed by atoms with Crippen molar-refractivity contribution in [3.8, 4) is 0 Å². The normalized spacial score (nSPS) is 11.8. The van der Waals surface area contributed by atoms with Crippen LogP contribution < -0.4 is 0 Å². The summed E-state index contributed by atoms with van der Waals surface area (Å²) in [5, 5.41) is 0. The van der Waals surface area contributed by atoms with E-state index < -0.39 is 22.2 Å². The molecule has 0 N–H and O–H groups in total. The van der Waals surface area contributed by atoms with E-state index in [0.29, 0.717) is 10.7 Å². The molecule has 25 heavy (non-hydrogen) atoms. The molecule has 6 heteroatoms. The summed E-state index contributed by atoms with van der Waals surface area (Å²) in [7, 11) is -4.02. The van der Waals surface area contributed by atoms with Crippen LogP contribution in [0.2, 0.25) is 0 Å². The van der Waals surface area contributed by atoms with Gasteiger partial charge in [0.25, 0.3) is 10.0 Å². The molecule has 1 aromatic rings. The van der Waals surface area contributed by atoms with Gasteiger partial charge in [-0.1, -0.05) is 30.7 Å². The summed E-state index contributed by atoms with van der Waals surface area (Å²) in [6.07, 6.45) is 2.00. The molecular formula is C19H25NO4S. The highest BCUT2D eigenvalue weighted by Gasteiger charge is 2.30. The van der Waals surface area contributed by atoms with Crippen molar-refractivity contribution < 1.29 is 17.9 Å². The van der Waals surface area contributed by atoms with Crippen molar-refractivity contribution in [2.45, 2.75) is 45.1 Å². The third kappa shape index (κ3) is 5.93. The SMILES string of the molecule is C=CCN(C(=O)OC(C=C=C(C)C)CC)S(=O)(=O)c1ccc(C)cc1. The van der Waals surface area contributed by atoms with Crippen LogP contribution in [0.3, 0.4) is 0 Å². The molecule has 5 nitrogen and oxygen atoms in total. The summed E-state index contributed by atoms with van der Waals surface area (Å²) in [6.45, 7) is 10.8. The first kappa shape index (κ1) is 20.7. The van der Waals surface area contributed by atoms with E-state index >= 15 is 0 Å². The maximum Gasteiger partial charge on any atom is 0.424 e. The summed E-state index contributed by atoms with van der Waals surface area (Å²) in [5.74, 6) is 0. The van der Waals surface area contributed by atoms with Gasteiger partial charge in [-0.05, 0) is 51.0 Å². The molecule has 0 radical (unpaired) electrons. The standard InChI is InChI=1S/C19H25NO4S/c1-6-14-20(19(21)24-17(7-2)11-8-15(3)4)25(22,23)18-12-9-16(5)10-13-18/h6,9-13,17H,1,7,14H2,2-5H3. The number of hydrogen-bond donors (Lipinski definition) is 0. The highest BCUT2D eigenvalue weighted by molar-refractivity contribution is 7.89. The van der Waals surface area contributed by atoms with E-state index in [9.17, 15) is 13.2 Å². The number of aryl methyl sites for hydroxylation is 1. The lowest BCUT2D eigenvalue weighted by atomic mass is 10.2.